The molecule has 0 amide bonds. The number of aliphatic carboxylic acids is 1. The van der Waals surface area contributed by atoms with Crippen molar-refractivity contribution in [2.75, 3.05) is 6.61 Å². The van der Waals surface area contributed by atoms with Gasteiger partial charge in [-0.1, -0.05) is 18.2 Å². The molecular formula is C15H18O4. The summed E-state index contributed by atoms with van der Waals surface area (Å²) in [5.74, 6) is -0.443. The molecule has 2 atom stereocenters. The quantitative estimate of drug-likeness (QED) is 0.890. The number of rotatable bonds is 2. The van der Waals surface area contributed by atoms with Crippen LogP contribution in [0.4, 0.5) is 0 Å². The van der Waals surface area contributed by atoms with Gasteiger partial charge < -0.3 is 14.6 Å². The molecule has 19 heavy (non-hydrogen) atoms. The smallest absolute Gasteiger partial charge is 0.309 e. The van der Waals surface area contributed by atoms with Crippen molar-refractivity contribution < 1.29 is 19.4 Å². The molecule has 0 bridgehead atoms. The first-order valence-electron chi connectivity index (χ1n) is 6.63. The van der Waals surface area contributed by atoms with E-state index in [0.717, 1.165) is 23.3 Å². The first kappa shape index (κ1) is 12.5. The van der Waals surface area contributed by atoms with Crippen LogP contribution < -0.4 is 4.74 Å². The fourth-order valence-electron chi connectivity index (χ4n) is 3.01. The third-order valence-corrected chi connectivity index (χ3v) is 3.84. The first-order valence-corrected chi connectivity index (χ1v) is 6.63. The molecule has 4 heteroatoms. The molecule has 2 heterocycles. The van der Waals surface area contributed by atoms with Gasteiger partial charge in [0.1, 0.15) is 11.4 Å². The summed E-state index contributed by atoms with van der Waals surface area (Å²) in [5.41, 5.74) is 1.80. The number of carboxylic acids is 1. The van der Waals surface area contributed by atoms with Gasteiger partial charge in [-0.05, 0) is 25.8 Å². The van der Waals surface area contributed by atoms with Crippen LogP contribution in [0.5, 0.6) is 5.75 Å². The second-order valence-electron chi connectivity index (χ2n) is 5.90. The molecule has 3 rings (SSSR count). The van der Waals surface area contributed by atoms with E-state index < -0.39 is 11.9 Å². The van der Waals surface area contributed by atoms with Gasteiger partial charge in [-0.2, -0.15) is 0 Å². The van der Waals surface area contributed by atoms with E-state index in [1.807, 2.05) is 32.0 Å². The summed E-state index contributed by atoms with van der Waals surface area (Å²) in [5, 5.41) is 9.28. The minimum atomic E-state index is -0.794. The zero-order valence-corrected chi connectivity index (χ0v) is 11.2. The molecule has 2 aliphatic heterocycles. The zero-order valence-electron chi connectivity index (χ0n) is 11.2. The molecule has 2 aliphatic rings. The molecule has 0 spiro atoms. The second-order valence-corrected chi connectivity index (χ2v) is 5.90. The van der Waals surface area contributed by atoms with Crippen molar-refractivity contribution >= 4 is 5.97 Å². The number of carboxylic acid groups (broad SMARTS) is 1. The Balaban J connectivity index is 1.99. The van der Waals surface area contributed by atoms with Crippen LogP contribution in [0.15, 0.2) is 18.2 Å². The highest BCUT2D eigenvalue weighted by Crippen LogP contribution is 2.45. The van der Waals surface area contributed by atoms with Gasteiger partial charge in [0.15, 0.2) is 0 Å². The lowest BCUT2D eigenvalue weighted by Gasteiger charge is -2.21. The summed E-state index contributed by atoms with van der Waals surface area (Å²) in [6.07, 6.45) is 1.02. The van der Waals surface area contributed by atoms with E-state index >= 15 is 0 Å². The Morgan fingerprint density at radius 2 is 2.21 bits per heavy atom. The minimum Gasteiger partial charge on any atom is -0.487 e. The Labute approximate surface area is 112 Å². The molecule has 1 saturated heterocycles. The predicted octanol–water partition coefficient (Wildman–Crippen LogP) is 2.56. The summed E-state index contributed by atoms with van der Waals surface area (Å²) < 4.78 is 11.6. The third kappa shape index (κ3) is 2.10. The van der Waals surface area contributed by atoms with E-state index in [0.29, 0.717) is 13.0 Å². The van der Waals surface area contributed by atoms with Crippen LogP contribution in [0.2, 0.25) is 0 Å². The van der Waals surface area contributed by atoms with Crippen molar-refractivity contribution in [1.82, 2.24) is 0 Å². The summed E-state index contributed by atoms with van der Waals surface area (Å²) in [7, 11) is 0. The first-order chi connectivity index (χ1) is 8.98. The lowest BCUT2D eigenvalue weighted by molar-refractivity contribution is -0.143. The van der Waals surface area contributed by atoms with Crippen LogP contribution in [-0.2, 0) is 16.0 Å². The predicted molar refractivity (Wildman–Crippen MR) is 69.3 cm³/mol. The van der Waals surface area contributed by atoms with Crippen LogP contribution in [0.1, 0.15) is 37.5 Å². The molecule has 4 nitrogen and oxygen atoms in total. The molecule has 0 aliphatic carbocycles. The Hall–Kier alpha value is -1.55. The lowest BCUT2D eigenvalue weighted by Crippen LogP contribution is -2.25. The molecule has 0 saturated carbocycles. The van der Waals surface area contributed by atoms with Crippen molar-refractivity contribution in [1.29, 1.82) is 0 Å². The highest BCUT2D eigenvalue weighted by molar-refractivity contribution is 5.72. The van der Waals surface area contributed by atoms with Crippen LogP contribution in [0.25, 0.3) is 0 Å². The molecule has 1 aromatic rings. The van der Waals surface area contributed by atoms with Crippen molar-refractivity contribution in [3.8, 4) is 5.75 Å². The van der Waals surface area contributed by atoms with E-state index in [2.05, 4.69) is 0 Å². The summed E-state index contributed by atoms with van der Waals surface area (Å²) in [6, 6.07) is 5.92. The highest BCUT2D eigenvalue weighted by Gasteiger charge is 2.40. The molecule has 0 radical (unpaired) electrons. The van der Waals surface area contributed by atoms with E-state index in [-0.39, 0.29) is 11.7 Å². The van der Waals surface area contributed by atoms with Gasteiger partial charge in [0.2, 0.25) is 0 Å². The maximum Gasteiger partial charge on any atom is 0.309 e. The number of hydrogen-bond acceptors (Lipinski definition) is 3. The number of para-hydroxylation sites is 1. The fraction of sp³-hybridized carbons (Fsp3) is 0.533. The number of fused-ring (bicyclic) bond motifs is 1. The maximum atomic E-state index is 11.3. The Kier molecular flexibility index (Phi) is 2.78. The topological polar surface area (TPSA) is 55.8 Å². The Morgan fingerprint density at radius 3 is 2.95 bits per heavy atom. The van der Waals surface area contributed by atoms with Gasteiger partial charge in [0.05, 0.1) is 12.0 Å². The largest absolute Gasteiger partial charge is 0.487 e. The van der Waals surface area contributed by atoms with Crippen molar-refractivity contribution in [2.45, 2.75) is 38.4 Å². The number of benzene rings is 1. The van der Waals surface area contributed by atoms with Crippen LogP contribution in [0.3, 0.4) is 0 Å². The molecule has 102 valence electrons. The SMILES string of the molecule is CC1(C)Cc2cccc(C3OCCC3C(=O)O)c2O1. The zero-order chi connectivity index (χ0) is 13.6. The van der Waals surface area contributed by atoms with Gasteiger partial charge in [0.25, 0.3) is 0 Å². The summed E-state index contributed by atoms with van der Waals surface area (Å²) in [4.78, 5) is 11.3. The average molecular weight is 262 g/mol. The highest BCUT2D eigenvalue weighted by atomic mass is 16.5. The van der Waals surface area contributed by atoms with Gasteiger partial charge in [0, 0.05) is 18.6 Å². The Bertz CT molecular complexity index is 521. The van der Waals surface area contributed by atoms with Crippen molar-refractivity contribution in [3.63, 3.8) is 0 Å². The average Bonchev–Trinajstić information content (AvgIpc) is 2.89. The van der Waals surface area contributed by atoms with Crippen LogP contribution in [0, 0.1) is 5.92 Å². The van der Waals surface area contributed by atoms with E-state index in [1.54, 1.807) is 0 Å². The van der Waals surface area contributed by atoms with E-state index in [9.17, 15) is 9.90 Å². The standard InChI is InChI=1S/C15H18O4/c1-15(2)8-9-4-3-5-10(12(9)19-15)13-11(14(16)17)6-7-18-13/h3-5,11,13H,6-8H2,1-2H3,(H,16,17). The summed E-state index contributed by atoms with van der Waals surface area (Å²) in [6.45, 7) is 4.58. The van der Waals surface area contributed by atoms with Gasteiger partial charge in [-0.25, -0.2) is 0 Å². The van der Waals surface area contributed by atoms with Crippen LogP contribution in [-0.4, -0.2) is 23.3 Å². The maximum absolute atomic E-state index is 11.3. The van der Waals surface area contributed by atoms with Gasteiger partial charge in [-0.15, -0.1) is 0 Å². The Morgan fingerprint density at radius 1 is 1.42 bits per heavy atom. The number of hydrogen-bond donors (Lipinski definition) is 1. The second kappa shape index (κ2) is 4.23. The number of carbonyl (C=O) groups is 1. The third-order valence-electron chi connectivity index (χ3n) is 3.84. The number of ether oxygens (including phenoxy) is 2. The van der Waals surface area contributed by atoms with Crippen molar-refractivity contribution in [2.24, 2.45) is 5.92 Å². The lowest BCUT2D eigenvalue weighted by atomic mass is 9.93. The molecule has 0 aromatic heterocycles. The van der Waals surface area contributed by atoms with Gasteiger partial charge >= 0.3 is 5.97 Å². The molecule has 1 N–H and O–H groups in total. The molecule has 1 fully saturated rings. The van der Waals surface area contributed by atoms with E-state index in [1.165, 1.54) is 0 Å². The monoisotopic (exact) mass is 262 g/mol. The normalized spacial score (nSPS) is 27.9. The van der Waals surface area contributed by atoms with Crippen molar-refractivity contribution in [3.05, 3.63) is 29.3 Å². The molecular weight excluding hydrogens is 244 g/mol. The molecule has 1 aromatic carbocycles. The fourth-order valence-corrected chi connectivity index (χ4v) is 3.01. The van der Waals surface area contributed by atoms with E-state index in [4.69, 9.17) is 9.47 Å². The minimum absolute atomic E-state index is 0.226. The molecule has 2 unspecified atom stereocenters. The van der Waals surface area contributed by atoms with Gasteiger partial charge in [-0.3, -0.25) is 4.79 Å². The van der Waals surface area contributed by atoms with Crippen LogP contribution >= 0.6 is 0 Å². The summed E-state index contributed by atoms with van der Waals surface area (Å²) >= 11 is 0.